The number of carbonyl (C=O) groups is 2. The van der Waals surface area contributed by atoms with Gasteiger partial charge in [-0.3, -0.25) is 13.9 Å². The average Bonchev–Trinajstić information content (AvgIpc) is 2.92. The number of rotatable bonds is 13. The fourth-order valence-corrected chi connectivity index (χ4v) is 6.07. The molecule has 220 valence electrons. The van der Waals surface area contributed by atoms with Crippen molar-refractivity contribution in [2.75, 3.05) is 23.7 Å². The molecule has 3 rings (SSSR count). The lowest BCUT2D eigenvalue weighted by Crippen LogP contribution is -2.50. The third kappa shape index (κ3) is 9.51. The highest BCUT2D eigenvalue weighted by atomic mass is 35.5. The van der Waals surface area contributed by atoms with Crippen LogP contribution in [0.3, 0.4) is 0 Å². The van der Waals surface area contributed by atoms with Gasteiger partial charge in [0.25, 0.3) is 0 Å². The molecule has 0 aliphatic heterocycles. The molecule has 2 amide bonds. The molecular formula is C29H31Cl4N3O4S. The number of amides is 2. The number of likely N-dealkylation sites (N-methyl/N-ethyl adjacent to an activating group) is 1. The molecule has 0 fully saturated rings. The Kier molecular flexibility index (Phi) is 12.2. The Morgan fingerprint density at radius 3 is 2.20 bits per heavy atom. The number of nitrogens with one attached hydrogen (secondary N) is 1. The van der Waals surface area contributed by atoms with Gasteiger partial charge in [0.05, 0.1) is 27.0 Å². The summed E-state index contributed by atoms with van der Waals surface area (Å²) in [6.45, 7) is 2.28. The zero-order valence-corrected chi connectivity index (χ0v) is 26.5. The van der Waals surface area contributed by atoms with E-state index >= 15 is 0 Å². The summed E-state index contributed by atoms with van der Waals surface area (Å²) in [6, 6.07) is 18.2. The molecule has 0 aromatic heterocycles. The molecule has 0 aliphatic rings. The molecule has 0 heterocycles. The third-order valence-electron chi connectivity index (χ3n) is 6.29. The zero-order valence-electron chi connectivity index (χ0n) is 22.6. The first-order valence-corrected chi connectivity index (χ1v) is 16.2. The second kappa shape index (κ2) is 15.1. The number of hydrogen-bond donors (Lipinski definition) is 1. The fraction of sp³-hybridized carbons (Fsp3) is 0.310. The third-order valence-corrected chi connectivity index (χ3v) is 8.76. The highest BCUT2D eigenvalue weighted by Crippen LogP contribution is 2.31. The molecule has 0 saturated heterocycles. The summed E-state index contributed by atoms with van der Waals surface area (Å²) in [7, 11) is -3.74. The minimum atomic E-state index is -3.74. The molecule has 0 aliphatic carbocycles. The number of carbonyl (C=O) groups excluding carboxylic acids is 2. The first-order valence-electron chi connectivity index (χ1n) is 12.9. The van der Waals surface area contributed by atoms with Crippen molar-refractivity contribution in [2.45, 2.75) is 38.8 Å². The first kappa shape index (κ1) is 33.0. The van der Waals surface area contributed by atoms with Crippen molar-refractivity contribution in [1.29, 1.82) is 0 Å². The standard InChI is InChI=1S/C29H31Cl4N3O4S/c1-3-34-29(38)27(17-20-8-5-4-6-9-20)35(19-21-11-13-23(31)25(33)16-21)28(37)10-7-15-36(41(2,39)40)26-18-22(30)12-14-24(26)32/h4-6,8-9,11-14,16,18,27H,3,7,10,15,17,19H2,1-2H3,(H,34,38)/t27-/m0/s1. The molecular weight excluding hydrogens is 628 g/mol. The number of nitrogens with zero attached hydrogens (tertiary/aromatic N) is 2. The molecule has 3 aromatic rings. The van der Waals surface area contributed by atoms with Crippen LogP contribution in [0.25, 0.3) is 0 Å². The maximum Gasteiger partial charge on any atom is 0.243 e. The van der Waals surface area contributed by atoms with Gasteiger partial charge in [0.2, 0.25) is 21.8 Å². The molecule has 1 atom stereocenters. The van der Waals surface area contributed by atoms with Gasteiger partial charge >= 0.3 is 0 Å². The van der Waals surface area contributed by atoms with Gasteiger partial charge in [0.15, 0.2) is 0 Å². The van der Waals surface area contributed by atoms with Crippen molar-refractivity contribution in [1.82, 2.24) is 10.2 Å². The van der Waals surface area contributed by atoms with Crippen LogP contribution in [0.1, 0.15) is 30.9 Å². The van der Waals surface area contributed by atoms with Crippen LogP contribution in [0, 0.1) is 0 Å². The van der Waals surface area contributed by atoms with Gasteiger partial charge in [0, 0.05) is 37.5 Å². The van der Waals surface area contributed by atoms with Gasteiger partial charge in [-0.05, 0) is 54.8 Å². The van der Waals surface area contributed by atoms with Crippen LogP contribution in [0.2, 0.25) is 20.1 Å². The van der Waals surface area contributed by atoms with Gasteiger partial charge in [-0.2, -0.15) is 0 Å². The number of halogens is 4. The molecule has 1 N–H and O–H groups in total. The minimum Gasteiger partial charge on any atom is -0.355 e. The highest BCUT2D eigenvalue weighted by Gasteiger charge is 2.30. The predicted octanol–water partition coefficient (Wildman–Crippen LogP) is 6.62. The lowest BCUT2D eigenvalue weighted by atomic mass is 10.0. The van der Waals surface area contributed by atoms with E-state index in [1.54, 1.807) is 24.3 Å². The molecule has 3 aromatic carbocycles. The number of benzene rings is 3. The zero-order chi connectivity index (χ0) is 30.2. The van der Waals surface area contributed by atoms with Gasteiger partial charge in [0.1, 0.15) is 6.04 Å². The summed E-state index contributed by atoms with van der Waals surface area (Å²) in [5.41, 5.74) is 1.80. The lowest BCUT2D eigenvalue weighted by Gasteiger charge is -2.32. The SMILES string of the molecule is CCNC(=O)[C@H](Cc1ccccc1)N(Cc1ccc(Cl)c(Cl)c1)C(=O)CCCN(c1cc(Cl)ccc1Cl)S(C)(=O)=O. The Bertz CT molecular complexity index is 1470. The second-order valence-corrected chi connectivity index (χ2v) is 13.0. The van der Waals surface area contributed by atoms with Crippen LogP contribution in [-0.2, 0) is 32.6 Å². The Balaban J connectivity index is 1.90. The average molecular weight is 659 g/mol. The Labute approximate surface area is 261 Å². The van der Waals surface area contributed by atoms with Crippen molar-refractivity contribution < 1.29 is 18.0 Å². The predicted molar refractivity (Wildman–Crippen MR) is 168 cm³/mol. The van der Waals surface area contributed by atoms with Crippen LogP contribution in [0.15, 0.2) is 66.7 Å². The normalized spacial score (nSPS) is 12.0. The summed E-state index contributed by atoms with van der Waals surface area (Å²) in [5.74, 6) is -0.623. The molecule has 41 heavy (non-hydrogen) atoms. The molecule has 0 unspecified atom stereocenters. The van der Waals surface area contributed by atoms with E-state index in [4.69, 9.17) is 46.4 Å². The van der Waals surface area contributed by atoms with Crippen molar-refractivity contribution in [3.63, 3.8) is 0 Å². The van der Waals surface area contributed by atoms with Crippen molar-refractivity contribution in [3.8, 4) is 0 Å². The van der Waals surface area contributed by atoms with Crippen LogP contribution in [0.4, 0.5) is 5.69 Å². The molecule has 12 heteroatoms. The maximum atomic E-state index is 13.8. The smallest absolute Gasteiger partial charge is 0.243 e. The highest BCUT2D eigenvalue weighted by molar-refractivity contribution is 7.92. The quantitative estimate of drug-likeness (QED) is 0.224. The van der Waals surface area contributed by atoms with E-state index in [1.165, 1.54) is 17.0 Å². The van der Waals surface area contributed by atoms with E-state index in [9.17, 15) is 18.0 Å². The number of sulfonamides is 1. The summed E-state index contributed by atoms with van der Waals surface area (Å²) >= 11 is 24.7. The van der Waals surface area contributed by atoms with Crippen LogP contribution in [-0.4, -0.2) is 50.5 Å². The van der Waals surface area contributed by atoms with Crippen molar-refractivity contribution in [3.05, 3.63) is 97.9 Å². The van der Waals surface area contributed by atoms with Gasteiger partial charge in [-0.1, -0.05) is 82.8 Å². The Morgan fingerprint density at radius 2 is 1.56 bits per heavy atom. The minimum absolute atomic E-state index is 0.0181. The summed E-state index contributed by atoms with van der Waals surface area (Å²) in [6.07, 6.45) is 1.48. The van der Waals surface area contributed by atoms with Gasteiger partial charge in [-0.15, -0.1) is 0 Å². The van der Waals surface area contributed by atoms with E-state index in [1.807, 2.05) is 37.3 Å². The van der Waals surface area contributed by atoms with E-state index in [0.717, 1.165) is 16.1 Å². The summed E-state index contributed by atoms with van der Waals surface area (Å²) < 4.78 is 26.4. The number of anilines is 1. The van der Waals surface area contributed by atoms with Crippen LogP contribution in [0.5, 0.6) is 0 Å². The lowest BCUT2D eigenvalue weighted by molar-refractivity contribution is -0.141. The van der Waals surface area contributed by atoms with Gasteiger partial charge < -0.3 is 10.2 Å². The topological polar surface area (TPSA) is 86.8 Å². The second-order valence-electron chi connectivity index (χ2n) is 9.40. The van der Waals surface area contributed by atoms with E-state index in [-0.39, 0.29) is 54.9 Å². The fourth-order valence-electron chi connectivity index (χ4n) is 4.34. The first-order chi connectivity index (χ1) is 19.4. The van der Waals surface area contributed by atoms with E-state index < -0.39 is 16.1 Å². The molecule has 7 nitrogen and oxygen atoms in total. The van der Waals surface area contributed by atoms with E-state index in [2.05, 4.69) is 5.32 Å². The molecule has 0 radical (unpaired) electrons. The monoisotopic (exact) mass is 657 g/mol. The van der Waals surface area contributed by atoms with E-state index in [0.29, 0.717) is 27.2 Å². The Hall–Kier alpha value is -2.49. The maximum absolute atomic E-state index is 13.8. The van der Waals surface area contributed by atoms with Crippen LogP contribution < -0.4 is 9.62 Å². The largest absolute Gasteiger partial charge is 0.355 e. The van der Waals surface area contributed by atoms with Crippen LogP contribution >= 0.6 is 46.4 Å². The molecule has 0 spiro atoms. The number of hydrogen-bond acceptors (Lipinski definition) is 4. The summed E-state index contributed by atoms with van der Waals surface area (Å²) in [4.78, 5) is 28.6. The molecule has 0 saturated carbocycles. The summed E-state index contributed by atoms with van der Waals surface area (Å²) in [5, 5.41) is 4.08. The molecule has 0 bridgehead atoms. The van der Waals surface area contributed by atoms with Crippen molar-refractivity contribution in [2.24, 2.45) is 0 Å². The van der Waals surface area contributed by atoms with Crippen molar-refractivity contribution >= 4 is 73.9 Å². The van der Waals surface area contributed by atoms with Gasteiger partial charge in [-0.25, -0.2) is 8.42 Å². The Morgan fingerprint density at radius 1 is 0.878 bits per heavy atom.